The number of nitrogen functional groups attached to an aromatic ring is 1. The number of nitrogens with two attached hydrogens (primary N) is 1. The van der Waals surface area contributed by atoms with E-state index >= 15 is 0 Å². The summed E-state index contributed by atoms with van der Waals surface area (Å²) in [5, 5.41) is 5.18. The molecule has 1 aromatic carbocycles. The molecule has 0 saturated heterocycles. The summed E-state index contributed by atoms with van der Waals surface area (Å²) in [5.41, 5.74) is 8.05. The number of hydrogen-bond acceptors (Lipinski definition) is 4. The van der Waals surface area contributed by atoms with Crippen molar-refractivity contribution in [2.75, 3.05) is 12.3 Å². The number of nitrogens with zero attached hydrogens (tertiary/aromatic N) is 1. The number of ether oxygens (including phenoxy) is 1. The minimum Gasteiger partial charge on any atom is -0.491 e. The molecular weight excluding hydrogens is 336 g/mol. The Labute approximate surface area is 129 Å². The molecule has 0 saturated carbocycles. The molecule has 0 bridgehead atoms. The minimum absolute atomic E-state index is 0.453. The van der Waals surface area contributed by atoms with Gasteiger partial charge in [0.25, 0.3) is 0 Å². The van der Waals surface area contributed by atoms with Crippen LogP contribution in [0.25, 0.3) is 10.9 Å². The van der Waals surface area contributed by atoms with E-state index in [-0.39, 0.29) is 0 Å². The molecule has 5 heteroatoms. The lowest BCUT2D eigenvalue weighted by molar-refractivity contribution is 0.324. The molecule has 2 heterocycles. The van der Waals surface area contributed by atoms with Gasteiger partial charge in [-0.1, -0.05) is 12.1 Å². The summed E-state index contributed by atoms with van der Waals surface area (Å²) in [6, 6.07) is 9.95. The second kappa shape index (κ2) is 5.81. The van der Waals surface area contributed by atoms with Gasteiger partial charge in [-0.05, 0) is 50.5 Å². The lowest BCUT2D eigenvalue weighted by atomic mass is 10.2. The minimum atomic E-state index is 0.453. The van der Waals surface area contributed by atoms with E-state index in [0.29, 0.717) is 12.4 Å². The van der Waals surface area contributed by atoms with Gasteiger partial charge < -0.3 is 10.5 Å². The van der Waals surface area contributed by atoms with Gasteiger partial charge in [0.15, 0.2) is 0 Å². The SMILES string of the molecule is Nc1nc2ccccc2c(OCCc2ccsc2)c1Br. The predicted molar refractivity (Wildman–Crippen MR) is 87.4 cm³/mol. The fraction of sp³-hybridized carbons (Fsp3) is 0.133. The van der Waals surface area contributed by atoms with Gasteiger partial charge in [0.05, 0.1) is 12.1 Å². The third-order valence-electron chi connectivity index (χ3n) is 3.03. The maximum atomic E-state index is 5.94. The van der Waals surface area contributed by atoms with Crippen LogP contribution in [0.15, 0.2) is 45.6 Å². The Morgan fingerprint density at radius 2 is 2.10 bits per heavy atom. The average molecular weight is 349 g/mol. The summed E-state index contributed by atoms with van der Waals surface area (Å²) in [4.78, 5) is 4.35. The summed E-state index contributed by atoms with van der Waals surface area (Å²) in [5.74, 6) is 1.22. The second-order valence-electron chi connectivity index (χ2n) is 4.39. The number of halogens is 1. The highest BCUT2D eigenvalue weighted by atomic mass is 79.9. The van der Waals surface area contributed by atoms with Crippen LogP contribution in [0.2, 0.25) is 0 Å². The molecule has 0 fully saturated rings. The first kappa shape index (κ1) is 13.4. The highest BCUT2D eigenvalue weighted by molar-refractivity contribution is 9.10. The average Bonchev–Trinajstić information content (AvgIpc) is 2.96. The summed E-state index contributed by atoms with van der Waals surface area (Å²) in [6.07, 6.45) is 0.881. The third kappa shape index (κ3) is 2.64. The highest BCUT2D eigenvalue weighted by Gasteiger charge is 2.12. The summed E-state index contributed by atoms with van der Waals surface area (Å²) >= 11 is 5.17. The largest absolute Gasteiger partial charge is 0.491 e. The zero-order chi connectivity index (χ0) is 13.9. The van der Waals surface area contributed by atoms with Crippen molar-refractivity contribution in [3.8, 4) is 5.75 Å². The Morgan fingerprint density at radius 3 is 2.90 bits per heavy atom. The van der Waals surface area contributed by atoms with Crippen LogP contribution in [0.3, 0.4) is 0 Å². The van der Waals surface area contributed by atoms with Crippen LogP contribution in [0.5, 0.6) is 5.75 Å². The third-order valence-corrected chi connectivity index (χ3v) is 4.53. The molecule has 3 rings (SSSR count). The Hall–Kier alpha value is -1.59. The fourth-order valence-electron chi connectivity index (χ4n) is 2.02. The Balaban J connectivity index is 1.87. The van der Waals surface area contributed by atoms with Crippen molar-refractivity contribution in [2.45, 2.75) is 6.42 Å². The van der Waals surface area contributed by atoms with E-state index in [1.807, 2.05) is 24.3 Å². The first-order valence-electron chi connectivity index (χ1n) is 6.23. The Morgan fingerprint density at radius 1 is 1.25 bits per heavy atom. The van der Waals surface area contributed by atoms with Crippen LogP contribution in [-0.2, 0) is 6.42 Å². The monoisotopic (exact) mass is 348 g/mol. The molecule has 20 heavy (non-hydrogen) atoms. The van der Waals surface area contributed by atoms with Gasteiger partial charge in [-0.15, -0.1) is 0 Å². The molecule has 0 amide bonds. The molecule has 0 spiro atoms. The molecule has 0 atom stereocenters. The molecule has 102 valence electrons. The van der Waals surface area contributed by atoms with E-state index in [0.717, 1.165) is 27.5 Å². The maximum Gasteiger partial charge on any atom is 0.146 e. The molecule has 0 aliphatic heterocycles. The number of benzene rings is 1. The number of rotatable bonds is 4. The lowest BCUT2D eigenvalue weighted by Crippen LogP contribution is -2.04. The van der Waals surface area contributed by atoms with Crippen molar-refractivity contribution in [2.24, 2.45) is 0 Å². The second-order valence-corrected chi connectivity index (χ2v) is 5.96. The van der Waals surface area contributed by atoms with Crippen molar-refractivity contribution < 1.29 is 4.74 Å². The van der Waals surface area contributed by atoms with Gasteiger partial charge >= 0.3 is 0 Å². The number of para-hydroxylation sites is 1. The van der Waals surface area contributed by atoms with E-state index in [4.69, 9.17) is 10.5 Å². The highest BCUT2D eigenvalue weighted by Crippen LogP contribution is 2.36. The van der Waals surface area contributed by atoms with Crippen molar-refractivity contribution in [1.29, 1.82) is 0 Å². The first-order valence-corrected chi connectivity index (χ1v) is 7.97. The molecule has 0 aliphatic carbocycles. The van der Waals surface area contributed by atoms with Crippen LogP contribution >= 0.6 is 27.3 Å². The number of thiophene rings is 1. The fourth-order valence-corrected chi connectivity index (χ4v) is 3.14. The van der Waals surface area contributed by atoms with E-state index < -0.39 is 0 Å². The van der Waals surface area contributed by atoms with Crippen LogP contribution in [0, 0.1) is 0 Å². The van der Waals surface area contributed by atoms with E-state index in [2.05, 4.69) is 37.7 Å². The van der Waals surface area contributed by atoms with E-state index in [1.165, 1.54) is 5.56 Å². The van der Waals surface area contributed by atoms with Gasteiger partial charge in [-0.3, -0.25) is 0 Å². The Bertz CT molecular complexity index is 728. The smallest absolute Gasteiger partial charge is 0.146 e. The molecule has 0 radical (unpaired) electrons. The van der Waals surface area contributed by atoms with Crippen molar-refractivity contribution >= 4 is 44.0 Å². The molecule has 3 aromatic rings. The van der Waals surface area contributed by atoms with Gasteiger partial charge in [-0.2, -0.15) is 11.3 Å². The summed E-state index contributed by atoms with van der Waals surface area (Å²) in [7, 11) is 0. The molecule has 0 aliphatic rings. The van der Waals surface area contributed by atoms with Crippen LogP contribution in [-0.4, -0.2) is 11.6 Å². The molecule has 3 nitrogen and oxygen atoms in total. The number of aromatic nitrogens is 1. The zero-order valence-electron chi connectivity index (χ0n) is 10.7. The lowest BCUT2D eigenvalue weighted by Gasteiger charge is -2.12. The zero-order valence-corrected chi connectivity index (χ0v) is 13.1. The van der Waals surface area contributed by atoms with Gasteiger partial charge in [0.1, 0.15) is 16.0 Å². The maximum absolute atomic E-state index is 5.94. The summed E-state index contributed by atoms with van der Waals surface area (Å²) < 4.78 is 6.67. The normalized spacial score (nSPS) is 10.8. The number of anilines is 1. The number of fused-ring (bicyclic) bond motifs is 1. The Kier molecular flexibility index (Phi) is 3.89. The molecular formula is C15H13BrN2OS. The van der Waals surface area contributed by atoms with Gasteiger partial charge in [-0.25, -0.2) is 4.98 Å². The molecule has 0 unspecified atom stereocenters. The van der Waals surface area contributed by atoms with Crippen LogP contribution in [0.4, 0.5) is 5.82 Å². The van der Waals surface area contributed by atoms with Crippen LogP contribution in [0.1, 0.15) is 5.56 Å². The van der Waals surface area contributed by atoms with Crippen molar-refractivity contribution in [3.05, 3.63) is 51.1 Å². The quantitative estimate of drug-likeness (QED) is 0.766. The predicted octanol–water partition coefficient (Wildman–Crippen LogP) is 4.26. The number of hydrogen-bond donors (Lipinski definition) is 1. The first-order chi connectivity index (χ1) is 9.75. The topological polar surface area (TPSA) is 48.1 Å². The van der Waals surface area contributed by atoms with E-state index in [1.54, 1.807) is 11.3 Å². The molecule has 2 aromatic heterocycles. The van der Waals surface area contributed by atoms with Crippen LogP contribution < -0.4 is 10.5 Å². The van der Waals surface area contributed by atoms with E-state index in [9.17, 15) is 0 Å². The van der Waals surface area contributed by atoms with Gasteiger partial charge in [0, 0.05) is 11.8 Å². The van der Waals surface area contributed by atoms with Crippen molar-refractivity contribution in [1.82, 2.24) is 4.98 Å². The van der Waals surface area contributed by atoms with Gasteiger partial charge in [0.2, 0.25) is 0 Å². The number of pyridine rings is 1. The van der Waals surface area contributed by atoms with Crippen molar-refractivity contribution in [3.63, 3.8) is 0 Å². The molecule has 2 N–H and O–H groups in total. The standard InChI is InChI=1S/C15H13BrN2OS/c16-13-14(19-7-5-10-6-8-20-9-10)11-3-1-2-4-12(11)18-15(13)17/h1-4,6,8-9H,5,7H2,(H2,17,18). The summed E-state index contributed by atoms with van der Waals surface area (Å²) in [6.45, 7) is 0.614.